The Balaban J connectivity index is 1.73. The molecule has 0 bridgehead atoms. The van der Waals surface area contributed by atoms with Crippen molar-refractivity contribution in [2.24, 2.45) is 0 Å². The van der Waals surface area contributed by atoms with Gasteiger partial charge in [-0.05, 0) is 31.2 Å². The van der Waals surface area contributed by atoms with Gasteiger partial charge in [-0.15, -0.1) is 11.3 Å². The van der Waals surface area contributed by atoms with Crippen LogP contribution in [0.2, 0.25) is 4.34 Å². The molecule has 4 nitrogen and oxygen atoms in total. The largest absolute Gasteiger partial charge is 0.488 e. The minimum atomic E-state index is -0.807. The van der Waals surface area contributed by atoms with Crippen molar-refractivity contribution in [3.05, 3.63) is 51.2 Å². The number of thiophene rings is 1. The summed E-state index contributed by atoms with van der Waals surface area (Å²) in [6, 6.07) is 5.85. The summed E-state index contributed by atoms with van der Waals surface area (Å²) in [5.41, 5.74) is 0. The predicted molar refractivity (Wildman–Crippen MR) is 92.4 cm³/mol. The van der Waals surface area contributed by atoms with Crippen molar-refractivity contribution in [2.45, 2.75) is 25.8 Å². The van der Waals surface area contributed by atoms with Gasteiger partial charge in [-0.25, -0.2) is 8.78 Å². The Kier molecular flexibility index (Phi) is 6.90. The summed E-state index contributed by atoms with van der Waals surface area (Å²) in [5, 5.41) is 2.66. The Labute approximate surface area is 152 Å². The van der Waals surface area contributed by atoms with Gasteiger partial charge in [0.15, 0.2) is 17.3 Å². The number of ether oxygens (including phenoxy) is 1. The quantitative estimate of drug-likeness (QED) is 0.690. The second kappa shape index (κ2) is 8.92. The van der Waals surface area contributed by atoms with E-state index in [-0.39, 0.29) is 36.9 Å². The third-order valence-corrected chi connectivity index (χ3v) is 4.49. The average Bonchev–Trinajstić information content (AvgIpc) is 2.98. The third-order valence-electron chi connectivity index (χ3n) is 3.22. The number of carbonyl (C=O) groups is 2. The highest BCUT2D eigenvalue weighted by Crippen LogP contribution is 2.23. The number of nitrogens with one attached hydrogen (secondary N) is 1. The van der Waals surface area contributed by atoms with Gasteiger partial charge in [-0.1, -0.05) is 11.6 Å². The van der Waals surface area contributed by atoms with Gasteiger partial charge in [0.25, 0.3) is 0 Å². The number of carbonyl (C=O) groups excluding carboxylic acids is 2. The first kappa shape index (κ1) is 19.3. The Morgan fingerprint density at radius 3 is 2.64 bits per heavy atom. The van der Waals surface area contributed by atoms with Crippen LogP contribution in [0.1, 0.15) is 29.4 Å². The van der Waals surface area contributed by atoms with Gasteiger partial charge in [0.05, 0.1) is 15.3 Å². The summed E-state index contributed by atoms with van der Waals surface area (Å²) in [6.45, 7) is 1.70. The number of hydrogen-bond donors (Lipinski definition) is 1. The Bertz CT molecular complexity index is 766. The van der Waals surface area contributed by atoms with E-state index in [9.17, 15) is 18.4 Å². The minimum absolute atomic E-state index is 0.0166. The lowest BCUT2D eigenvalue weighted by molar-refractivity contribution is -0.121. The molecule has 0 aliphatic rings. The number of Topliss-reactive ketones (excluding diaryl/α,β-unsaturated/α-hetero) is 1. The zero-order valence-corrected chi connectivity index (χ0v) is 14.9. The lowest BCUT2D eigenvalue weighted by Gasteiger charge is -2.15. The maximum Gasteiger partial charge on any atom is 0.220 e. The van der Waals surface area contributed by atoms with Gasteiger partial charge in [0, 0.05) is 18.9 Å². The van der Waals surface area contributed by atoms with E-state index in [0.29, 0.717) is 9.21 Å². The molecule has 1 aromatic carbocycles. The lowest BCUT2D eigenvalue weighted by Crippen LogP contribution is -2.36. The number of amides is 1. The number of rotatable bonds is 8. The summed E-state index contributed by atoms with van der Waals surface area (Å²) in [5.74, 6) is -2.05. The van der Waals surface area contributed by atoms with Crippen LogP contribution in [0.25, 0.3) is 0 Å². The molecule has 134 valence electrons. The van der Waals surface area contributed by atoms with Crippen molar-refractivity contribution in [2.75, 3.05) is 6.61 Å². The lowest BCUT2D eigenvalue weighted by atomic mass is 10.2. The summed E-state index contributed by atoms with van der Waals surface area (Å²) in [7, 11) is 0. The zero-order valence-electron chi connectivity index (χ0n) is 13.4. The highest BCUT2D eigenvalue weighted by Gasteiger charge is 2.14. The molecule has 1 N–H and O–H groups in total. The van der Waals surface area contributed by atoms with Crippen LogP contribution in [-0.4, -0.2) is 24.3 Å². The van der Waals surface area contributed by atoms with E-state index >= 15 is 0 Å². The molecule has 0 aliphatic carbocycles. The van der Waals surface area contributed by atoms with Crippen molar-refractivity contribution in [3.63, 3.8) is 0 Å². The predicted octanol–water partition coefficient (Wildman–Crippen LogP) is 4.23. The second-order valence-corrected chi connectivity index (χ2v) is 7.10. The topological polar surface area (TPSA) is 55.4 Å². The SMILES string of the molecule is CC(COc1ccc(F)cc1F)NC(=O)CCC(=O)c1ccc(Cl)s1. The van der Waals surface area contributed by atoms with Gasteiger partial charge in [-0.3, -0.25) is 9.59 Å². The first-order valence-electron chi connectivity index (χ1n) is 7.51. The van der Waals surface area contributed by atoms with E-state index in [1.165, 1.54) is 17.4 Å². The van der Waals surface area contributed by atoms with E-state index in [0.717, 1.165) is 12.1 Å². The van der Waals surface area contributed by atoms with Gasteiger partial charge < -0.3 is 10.1 Å². The van der Waals surface area contributed by atoms with Gasteiger partial charge in [-0.2, -0.15) is 0 Å². The molecular formula is C17H16ClF2NO3S. The van der Waals surface area contributed by atoms with Crippen LogP contribution in [0.4, 0.5) is 8.78 Å². The molecule has 0 fully saturated rings. The minimum Gasteiger partial charge on any atom is -0.488 e. The van der Waals surface area contributed by atoms with Crippen LogP contribution in [0.5, 0.6) is 5.75 Å². The van der Waals surface area contributed by atoms with E-state index in [1.54, 1.807) is 19.1 Å². The molecule has 25 heavy (non-hydrogen) atoms. The molecule has 2 aromatic rings. The summed E-state index contributed by atoms with van der Waals surface area (Å²) in [6.07, 6.45) is 0.104. The molecule has 1 heterocycles. The van der Waals surface area contributed by atoms with E-state index in [4.69, 9.17) is 16.3 Å². The molecule has 2 rings (SSSR count). The fourth-order valence-electron chi connectivity index (χ4n) is 2.01. The van der Waals surface area contributed by atoms with Crippen molar-refractivity contribution in [1.29, 1.82) is 0 Å². The third kappa shape index (κ3) is 6.10. The number of hydrogen-bond acceptors (Lipinski definition) is 4. The number of ketones is 1. The van der Waals surface area contributed by atoms with Crippen molar-refractivity contribution >= 4 is 34.6 Å². The van der Waals surface area contributed by atoms with Crippen LogP contribution in [-0.2, 0) is 4.79 Å². The van der Waals surface area contributed by atoms with Crippen LogP contribution in [0, 0.1) is 11.6 Å². The van der Waals surface area contributed by atoms with E-state index in [1.807, 2.05) is 0 Å². The van der Waals surface area contributed by atoms with Crippen LogP contribution < -0.4 is 10.1 Å². The Morgan fingerprint density at radius 2 is 2.00 bits per heavy atom. The molecule has 0 saturated heterocycles. The molecule has 0 saturated carbocycles. The number of benzene rings is 1. The summed E-state index contributed by atoms with van der Waals surface area (Å²) >= 11 is 6.94. The molecule has 1 aromatic heterocycles. The highest BCUT2D eigenvalue weighted by atomic mass is 35.5. The zero-order chi connectivity index (χ0) is 18.4. The molecule has 1 unspecified atom stereocenters. The van der Waals surface area contributed by atoms with Gasteiger partial charge in [0.2, 0.25) is 5.91 Å². The Morgan fingerprint density at radius 1 is 1.24 bits per heavy atom. The fraction of sp³-hybridized carbons (Fsp3) is 0.294. The Hall–Kier alpha value is -1.99. The summed E-state index contributed by atoms with van der Waals surface area (Å²) < 4.78 is 32.0. The standard InChI is InChI=1S/C17H16ClF2NO3S/c1-10(9-24-14-4-2-11(19)8-12(14)20)21-17(23)7-3-13(22)15-5-6-16(18)25-15/h2,4-6,8,10H,3,7,9H2,1H3,(H,21,23). The normalized spacial score (nSPS) is 11.8. The van der Waals surface area contributed by atoms with E-state index < -0.39 is 17.7 Å². The molecule has 1 atom stereocenters. The van der Waals surface area contributed by atoms with Gasteiger partial charge in [0.1, 0.15) is 12.4 Å². The highest BCUT2D eigenvalue weighted by molar-refractivity contribution is 7.18. The monoisotopic (exact) mass is 387 g/mol. The molecule has 0 radical (unpaired) electrons. The summed E-state index contributed by atoms with van der Waals surface area (Å²) in [4.78, 5) is 24.3. The van der Waals surface area contributed by atoms with Crippen molar-refractivity contribution in [3.8, 4) is 5.75 Å². The first-order valence-corrected chi connectivity index (χ1v) is 8.70. The fourth-order valence-corrected chi connectivity index (χ4v) is 3.02. The molecule has 0 spiro atoms. The molecule has 8 heteroatoms. The van der Waals surface area contributed by atoms with Crippen LogP contribution in [0.3, 0.4) is 0 Å². The van der Waals surface area contributed by atoms with Crippen LogP contribution in [0.15, 0.2) is 30.3 Å². The maximum absolute atomic E-state index is 13.4. The second-order valence-electron chi connectivity index (χ2n) is 5.38. The average molecular weight is 388 g/mol. The molecule has 1 amide bonds. The van der Waals surface area contributed by atoms with Crippen LogP contribution >= 0.6 is 22.9 Å². The maximum atomic E-state index is 13.4. The van der Waals surface area contributed by atoms with Crippen molar-refractivity contribution in [1.82, 2.24) is 5.32 Å². The van der Waals surface area contributed by atoms with Gasteiger partial charge >= 0.3 is 0 Å². The number of halogens is 3. The molecular weight excluding hydrogens is 372 g/mol. The smallest absolute Gasteiger partial charge is 0.220 e. The van der Waals surface area contributed by atoms with Crippen molar-refractivity contribution < 1.29 is 23.1 Å². The van der Waals surface area contributed by atoms with E-state index in [2.05, 4.69) is 5.32 Å². The first-order chi connectivity index (χ1) is 11.8. The molecule has 0 aliphatic heterocycles.